The number of thioether (sulfide) groups is 1. The summed E-state index contributed by atoms with van der Waals surface area (Å²) in [5.41, 5.74) is 2.07. The molecule has 1 unspecified atom stereocenters. The molecular formula is C19H15F3N2OS. The van der Waals surface area contributed by atoms with Crippen molar-refractivity contribution in [3.63, 3.8) is 0 Å². The molecule has 2 aromatic rings. The van der Waals surface area contributed by atoms with Gasteiger partial charge in [0, 0.05) is 12.5 Å². The van der Waals surface area contributed by atoms with Crippen molar-refractivity contribution in [3.05, 3.63) is 70.5 Å². The highest BCUT2D eigenvalue weighted by molar-refractivity contribution is 8.15. The third kappa shape index (κ3) is 2.61. The third-order valence-corrected chi connectivity index (χ3v) is 6.16. The fourth-order valence-electron chi connectivity index (χ4n) is 3.58. The molecule has 0 saturated heterocycles. The molecule has 0 radical (unpaired) electrons. The maximum atomic E-state index is 13.9. The van der Waals surface area contributed by atoms with Crippen LogP contribution < -0.4 is 0 Å². The fourth-order valence-corrected chi connectivity index (χ4v) is 5.06. The number of amides is 1. The molecule has 1 heterocycles. The van der Waals surface area contributed by atoms with Gasteiger partial charge in [-0.3, -0.25) is 4.79 Å². The lowest BCUT2D eigenvalue weighted by atomic mass is 9.86. The van der Waals surface area contributed by atoms with E-state index in [-0.39, 0.29) is 11.7 Å². The van der Waals surface area contributed by atoms with Gasteiger partial charge in [-0.25, -0.2) is 18.2 Å². The summed E-state index contributed by atoms with van der Waals surface area (Å²) in [4.78, 5) is 11.4. The minimum atomic E-state index is -0.976. The summed E-state index contributed by atoms with van der Waals surface area (Å²) in [5, 5.41) is 6.15. The smallest absolute Gasteiger partial charge is 0.241 e. The summed E-state index contributed by atoms with van der Waals surface area (Å²) in [6.07, 6.45) is 2.21. The normalized spacial score (nSPS) is 21.7. The number of aryl methyl sites for hydroxylation is 1. The number of fused-ring (bicyclic) bond motifs is 2. The molecule has 134 valence electrons. The molecule has 1 aliphatic heterocycles. The lowest BCUT2D eigenvalue weighted by Crippen LogP contribution is -2.42. The molecule has 1 aliphatic carbocycles. The zero-order valence-electron chi connectivity index (χ0n) is 13.9. The molecule has 4 rings (SSSR count). The summed E-state index contributed by atoms with van der Waals surface area (Å²) < 4.78 is 40.8. The van der Waals surface area contributed by atoms with Gasteiger partial charge < -0.3 is 0 Å². The van der Waals surface area contributed by atoms with Gasteiger partial charge in [-0.1, -0.05) is 17.8 Å². The van der Waals surface area contributed by atoms with E-state index in [0.29, 0.717) is 22.6 Å². The molecule has 1 amide bonds. The quantitative estimate of drug-likeness (QED) is 0.731. The van der Waals surface area contributed by atoms with Crippen molar-refractivity contribution in [2.45, 2.75) is 31.1 Å². The minimum Gasteiger partial charge on any atom is -0.273 e. The van der Waals surface area contributed by atoms with Crippen molar-refractivity contribution in [1.29, 1.82) is 0 Å². The number of carbonyl (C=O) groups is 1. The maximum Gasteiger partial charge on any atom is 0.241 e. The van der Waals surface area contributed by atoms with Crippen molar-refractivity contribution in [1.82, 2.24) is 5.01 Å². The molecule has 3 nitrogen and oxygen atoms in total. The number of benzene rings is 2. The Morgan fingerprint density at radius 1 is 1.15 bits per heavy atom. The zero-order chi connectivity index (χ0) is 18.5. The third-order valence-electron chi connectivity index (χ3n) is 4.72. The highest BCUT2D eigenvalue weighted by Crippen LogP contribution is 2.53. The lowest BCUT2D eigenvalue weighted by Gasteiger charge is -2.39. The number of nitrogens with zero attached hydrogens (tertiary/aromatic N) is 2. The first-order valence-corrected chi connectivity index (χ1v) is 9.05. The van der Waals surface area contributed by atoms with Crippen LogP contribution in [0.25, 0.3) is 0 Å². The fraction of sp³-hybridized carbons (Fsp3) is 0.263. The van der Waals surface area contributed by atoms with E-state index >= 15 is 0 Å². The number of hydrazone groups is 1. The molecule has 7 heteroatoms. The zero-order valence-corrected chi connectivity index (χ0v) is 14.7. The topological polar surface area (TPSA) is 32.7 Å². The first-order chi connectivity index (χ1) is 12.4. The Bertz CT molecular complexity index is 946. The summed E-state index contributed by atoms with van der Waals surface area (Å²) in [6, 6.07) is 8.11. The average Bonchev–Trinajstić information content (AvgIpc) is 2.99. The van der Waals surface area contributed by atoms with Crippen molar-refractivity contribution in [2.75, 3.05) is 0 Å². The number of halogens is 3. The van der Waals surface area contributed by atoms with Crippen LogP contribution in [0.4, 0.5) is 13.2 Å². The minimum absolute atomic E-state index is 0.285. The second kappa shape index (κ2) is 6.16. The second-order valence-electron chi connectivity index (χ2n) is 6.41. The number of carbonyl (C=O) groups excluding carboxylic acids is 1. The largest absolute Gasteiger partial charge is 0.273 e. The van der Waals surface area contributed by atoms with Crippen LogP contribution in [0.3, 0.4) is 0 Å². The monoisotopic (exact) mass is 376 g/mol. The summed E-state index contributed by atoms with van der Waals surface area (Å²) in [7, 11) is 0. The van der Waals surface area contributed by atoms with Gasteiger partial charge in [-0.05, 0) is 60.7 Å². The molecule has 0 bridgehead atoms. The van der Waals surface area contributed by atoms with Crippen molar-refractivity contribution >= 4 is 22.7 Å². The van der Waals surface area contributed by atoms with E-state index in [4.69, 9.17) is 0 Å². The van der Waals surface area contributed by atoms with Gasteiger partial charge >= 0.3 is 0 Å². The standard InChI is InChI=1S/C19H15F3N2OS/c1-11(25)24-19(8-2-3-12-4-6-14(20)10-15(12)19)26-18(23-24)13-5-7-16(21)17(22)9-13/h4-7,9-10H,2-3,8H2,1H3. The molecule has 0 aromatic heterocycles. The SMILES string of the molecule is CC(=O)N1N=C(c2ccc(F)c(F)c2)SC12CCCc1ccc(F)cc12. The molecule has 0 saturated carbocycles. The van der Waals surface area contributed by atoms with Crippen molar-refractivity contribution in [3.8, 4) is 0 Å². The van der Waals surface area contributed by atoms with Gasteiger partial charge in [0.25, 0.3) is 0 Å². The molecule has 0 fully saturated rings. The molecule has 0 N–H and O–H groups in total. The maximum absolute atomic E-state index is 13.9. The van der Waals surface area contributed by atoms with E-state index in [9.17, 15) is 18.0 Å². The number of hydrogen-bond acceptors (Lipinski definition) is 3. The predicted molar refractivity (Wildman–Crippen MR) is 94.0 cm³/mol. The van der Waals surface area contributed by atoms with E-state index in [2.05, 4.69) is 5.10 Å². The first kappa shape index (κ1) is 17.1. The lowest BCUT2D eigenvalue weighted by molar-refractivity contribution is -0.132. The predicted octanol–water partition coefficient (Wildman–Crippen LogP) is 4.55. The molecular weight excluding hydrogens is 361 g/mol. The Hall–Kier alpha value is -2.28. The van der Waals surface area contributed by atoms with E-state index < -0.39 is 16.5 Å². The van der Waals surface area contributed by atoms with Crippen LogP contribution >= 0.6 is 11.8 Å². The number of hydrogen-bond donors (Lipinski definition) is 0. The Labute approximate surface area is 152 Å². The van der Waals surface area contributed by atoms with Gasteiger partial charge in [0.1, 0.15) is 15.7 Å². The Balaban J connectivity index is 1.83. The van der Waals surface area contributed by atoms with Crippen LogP contribution in [-0.4, -0.2) is 16.0 Å². The van der Waals surface area contributed by atoms with Gasteiger partial charge in [0.2, 0.25) is 5.91 Å². The molecule has 2 aliphatic rings. The van der Waals surface area contributed by atoms with Crippen LogP contribution in [0, 0.1) is 17.5 Å². The van der Waals surface area contributed by atoms with Gasteiger partial charge in [0.05, 0.1) is 0 Å². The van der Waals surface area contributed by atoms with Crippen LogP contribution in [0.2, 0.25) is 0 Å². The van der Waals surface area contributed by atoms with E-state index in [1.165, 1.54) is 41.9 Å². The average molecular weight is 376 g/mol. The Morgan fingerprint density at radius 3 is 2.69 bits per heavy atom. The van der Waals surface area contributed by atoms with Crippen LogP contribution in [0.1, 0.15) is 36.5 Å². The van der Waals surface area contributed by atoms with Crippen molar-refractivity contribution < 1.29 is 18.0 Å². The van der Waals surface area contributed by atoms with Gasteiger partial charge in [-0.15, -0.1) is 0 Å². The second-order valence-corrected chi connectivity index (χ2v) is 7.67. The van der Waals surface area contributed by atoms with Gasteiger partial charge in [-0.2, -0.15) is 5.10 Å². The number of rotatable bonds is 1. The van der Waals surface area contributed by atoms with E-state index in [0.717, 1.165) is 30.5 Å². The molecule has 26 heavy (non-hydrogen) atoms. The Morgan fingerprint density at radius 2 is 1.96 bits per heavy atom. The van der Waals surface area contributed by atoms with E-state index in [1.54, 1.807) is 6.07 Å². The van der Waals surface area contributed by atoms with Crippen LogP contribution in [0.5, 0.6) is 0 Å². The highest BCUT2D eigenvalue weighted by Gasteiger charge is 2.50. The summed E-state index contributed by atoms with van der Waals surface area (Å²) in [6.45, 7) is 1.40. The summed E-state index contributed by atoms with van der Waals surface area (Å²) in [5.74, 6) is -2.58. The first-order valence-electron chi connectivity index (χ1n) is 8.23. The molecule has 1 atom stereocenters. The Kier molecular flexibility index (Phi) is 4.06. The van der Waals surface area contributed by atoms with Gasteiger partial charge in [0.15, 0.2) is 11.6 Å². The summed E-state index contributed by atoms with van der Waals surface area (Å²) >= 11 is 1.29. The van der Waals surface area contributed by atoms with Crippen molar-refractivity contribution in [2.24, 2.45) is 5.10 Å². The molecule has 1 spiro atoms. The van der Waals surface area contributed by atoms with Crippen LogP contribution in [0.15, 0.2) is 41.5 Å². The van der Waals surface area contributed by atoms with Crippen LogP contribution in [-0.2, 0) is 16.1 Å². The van der Waals surface area contributed by atoms with E-state index in [1.807, 2.05) is 0 Å². The highest BCUT2D eigenvalue weighted by atomic mass is 32.2. The molecule has 2 aromatic carbocycles.